The number of aromatic amines is 2. The summed E-state index contributed by atoms with van der Waals surface area (Å²) in [6, 6.07) is 9.14. The van der Waals surface area contributed by atoms with Gasteiger partial charge in [-0.15, -0.1) is 0 Å². The van der Waals surface area contributed by atoms with Crippen molar-refractivity contribution >= 4 is 11.0 Å². The molecule has 0 aliphatic rings. The van der Waals surface area contributed by atoms with Crippen molar-refractivity contribution in [3.63, 3.8) is 0 Å². The summed E-state index contributed by atoms with van der Waals surface area (Å²) in [5.74, 6) is 0.707. The Labute approximate surface area is 135 Å². The van der Waals surface area contributed by atoms with Crippen molar-refractivity contribution in [3.05, 3.63) is 71.3 Å². The molecule has 4 rings (SSSR count). The van der Waals surface area contributed by atoms with E-state index in [2.05, 4.69) is 19.9 Å². The standard InChI is InChI=1S/C17H11FN4O2/c18-10-1-3-11(4-2-10)24-14-6-8-19-16-15(14)12(9-21-16)13-5-7-20-17(23)22-13/h1-9H,(H,19,21)(H,20,22,23). The van der Waals surface area contributed by atoms with E-state index in [1.54, 1.807) is 36.7 Å². The summed E-state index contributed by atoms with van der Waals surface area (Å²) in [4.78, 5) is 25.1. The molecule has 6 nitrogen and oxygen atoms in total. The van der Waals surface area contributed by atoms with Crippen LogP contribution in [0.15, 0.2) is 59.8 Å². The van der Waals surface area contributed by atoms with Gasteiger partial charge in [0, 0.05) is 24.2 Å². The molecule has 0 aliphatic carbocycles. The Hall–Kier alpha value is -3.48. The average Bonchev–Trinajstić information content (AvgIpc) is 3.02. The van der Waals surface area contributed by atoms with Crippen molar-refractivity contribution in [2.75, 3.05) is 0 Å². The van der Waals surface area contributed by atoms with Crippen LogP contribution >= 0.6 is 0 Å². The Morgan fingerprint density at radius 2 is 1.79 bits per heavy atom. The largest absolute Gasteiger partial charge is 0.457 e. The summed E-state index contributed by atoms with van der Waals surface area (Å²) >= 11 is 0. The van der Waals surface area contributed by atoms with Crippen LogP contribution in [-0.4, -0.2) is 19.9 Å². The number of ether oxygens (including phenoxy) is 1. The molecular weight excluding hydrogens is 311 g/mol. The van der Waals surface area contributed by atoms with Gasteiger partial charge in [0.25, 0.3) is 0 Å². The summed E-state index contributed by atoms with van der Waals surface area (Å²) in [7, 11) is 0. The van der Waals surface area contributed by atoms with Crippen LogP contribution in [0, 0.1) is 5.82 Å². The summed E-state index contributed by atoms with van der Waals surface area (Å²) < 4.78 is 18.9. The number of benzene rings is 1. The van der Waals surface area contributed by atoms with Crippen LogP contribution in [0.2, 0.25) is 0 Å². The molecule has 3 heterocycles. The van der Waals surface area contributed by atoms with E-state index >= 15 is 0 Å². The Balaban J connectivity index is 1.85. The third-order valence-corrected chi connectivity index (χ3v) is 3.54. The van der Waals surface area contributed by atoms with E-state index in [4.69, 9.17) is 4.74 Å². The lowest BCUT2D eigenvalue weighted by Gasteiger charge is -2.08. The summed E-state index contributed by atoms with van der Waals surface area (Å²) in [5.41, 5.74) is 1.50. The van der Waals surface area contributed by atoms with E-state index in [1.807, 2.05) is 0 Å². The molecule has 0 saturated carbocycles. The van der Waals surface area contributed by atoms with Crippen LogP contribution in [0.5, 0.6) is 11.5 Å². The molecule has 0 unspecified atom stereocenters. The number of pyridine rings is 1. The lowest BCUT2D eigenvalue weighted by Crippen LogP contribution is -2.09. The third-order valence-electron chi connectivity index (χ3n) is 3.54. The highest BCUT2D eigenvalue weighted by molar-refractivity contribution is 5.97. The second kappa shape index (κ2) is 5.62. The van der Waals surface area contributed by atoms with Gasteiger partial charge in [-0.1, -0.05) is 0 Å². The highest BCUT2D eigenvalue weighted by Gasteiger charge is 2.14. The van der Waals surface area contributed by atoms with Gasteiger partial charge in [0.05, 0.1) is 11.1 Å². The molecular formula is C17H11FN4O2. The topological polar surface area (TPSA) is 83.7 Å². The fraction of sp³-hybridized carbons (Fsp3) is 0. The van der Waals surface area contributed by atoms with Crippen LogP contribution in [0.4, 0.5) is 4.39 Å². The van der Waals surface area contributed by atoms with Crippen molar-refractivity contribution < 1.29 is 9.13 Å². The second-order valence-corrected chi connectivity index (χ2v) is 5.08. The molecule has 3 aromatic heterocycles. The second-order valence-electron chi connectivity index (χ2n) is 5.08. The van der Waals surface area contributed by atoms with E-state index in [-0.39, 0.29) is 5.82 Å². The molecule has 0 bridgehead atoms. The number of rotatable bonds is 3. The van der Waals surface area contributed by atoms with Crippen molar-refractivity contribution in [1.29, 1.82) is 0 Å². The summed E-state index contributed by atoms with van der Waals surface area (Å²) in [6.07, 6.45) is 4.78. The van der Waals surface area contributed by atoms with Crippen LogP contribution in [0.25, 0.3) is 22.3 Å². The third kappa shape index (κ3) is 2.52. The van der Waals surface area contributed by atoms with E-state index in [0.717, 1.165) is 5.56 Å². The van der Waals surface area contributed by atoms with Gasteiger partial charge in [0.15, 0.2) is 0 Å². The molecule has 0 saturated heterocycles. The SMILES string of the molecule is O=c1nccc(-c2c[nH]c3nccc(Oc4ccc(F)cc4)c23)[nH]1. The Bertz CT molecular complexity index is 1070. The van der Waals surface area contributed by atoms with Crippen molar-refractivity contribution in [1.82, 2.24) is 19.9 Å². The maximum absolute atomic E-state index is 13.0. The van der Waals surface area contributed by atoms with Gasteiger partial charge in [0.2, 0.25) is 0 Å². The van der Waals surface area contributed by atoms with Gasteiger partial charge < -0.3 is 14.7 Å². The first-order valence-corrected chi connectivity index (χ1v) is 7.16. The Morgan fingerprint density at radius 3 is 2.58 bits per heavy atom. The lowest BCUT2D eigenvalue weighted by molar-refractivity contribution is 0.486. The van der Waals surface area contributed by atoms with Gasteiger partial charge in [-0.3, -0.25) is 0 Å². The number of halogens is 1. The molecule has 2 N–H and O–H groups in total. The quantitative estimate of drug-likeness (QED) is 0.606. The number of H-pyrrole nitrogens is 2. The van der Waals surface area contributed by atoms with Gasteiger partial charge >= 0.3 is 5.69 Å². The Morgan fingerprint density at radius 1 is 1.00 bits per heavy atom. The molecule has 7 heteroatoms. The van der Waals surface area contributed by atoms with Crippen molar-refractivity contribution in [3.8, 4) is 22.8 Å². The van der Waals surface area contributed by atoms with Crippen LogP contribution in [0.3, 0.4) is 0 Å². The minimum Gasteiger partial charge on any atom is -0.457 e. The van der Waals surface area contributed by atoms with E-state index in [0.29, 0.717) is 28.2 Å². The number of hydrogen-bond acceptors (Lipinski definition) is 4. The van der Waals surface area contributed by atoms with Gasteiger partial charge in [-0.2, -0.15) is 0 Å². The molecule has 0 fully saturated rings. The zero-order valence-corrected chi connectivity index (χ0v) is 12.3. The van der Waals surface area contributed by atoms with Crippen molar-refractivity contribution in [2.24, 2.45) is 0 Å². The molecule has 0 aliphatic heterocycles. The van der Waals surface area contributed by atoms with Gasteiger partial charge in [0.1, 0.15) is 23.0 Å². The zero-order chi connectivity index (χ0) is 16.5. The first-order valence-electron chi connectivity index (χ1n) is 7.16. The van der Waals surface area contributed by atoms with E-state index < -0.39 is 5.69 Å². The molecule has 0 radical (unpaired) electrons. The maximum Gasteiger partial charge on any atom is 0.345 e. The predicted octanol–water partition coefficient (Wildman–Crippen LogP) is 3.24. The highest BCUT2D eigenvalue weighted by atomic mass is 19.1. The lowest BCUT2D eigenvalue weighted by atomic mass is 10.1. The van der Waals surface area contributed by atoms with E-state index in [1.165, 1.54) is 18.3 Å². The van der Waals surface area contributed by atoms with Crippen LogP contribution in [-0.2, 0) is 0 Å². The number of hydrogen-bond donors (Lipinski definition) is 2. The average molecular weight is 322 g/mol. The number of fused-ring (bicyclic) bond motifs is 1. The van der Waals surface area contributed by atoms with Crippen LogP contribution < -0.4 is 10.4 Å². The van der Waals surface area contributed by atoms with Gasteiger partial charge in [-0.05, 0) is 36.4 Å². The minimum atomic E-state index is -0.438. The fourth-order valence-electron chi connectivity index (χ4n) is 2.48. The number of nitrogens with zero attached hydrogens (tertiary/aromatic N) is 2. The van der Waals surface area contributed by atoms with Crippen molar-refractivity contribution in [2.45, 2.75) is 0 Å². The minimum absolute atomic E-state index is 0.334. The summed E-state index contributed by atoms with van der Waals surface area (Å²) in [6.45, 7) is 0. The molecule has 1 aromatic carbocycles. The predicted molar refractivity (Wildman–Crippen MR) is 86.4 cm³/mol. The highest BCUT2D eigenvalue weighted by Crippen LogP contribution is 2.35. The molecule has 0 amide bonds. The monoisotopic (exact) mass is 322 g/mol. The smallest absolute Gasteiger partial charge is 0.345 e. The molecule has 0 atom stereocenters. The van der Waals surface area contributed by atoms with E-state index in [9.17, 15) is 9.18 Å². The first kappa shape index (κ1) is 14.1. The first-order chi connectivity index (χ1) is 11.7. The fourth-order valence-corrected chi connectivity index (χ4v) is 2.48. The molecule has 24 heavy (non-hydrogen) atoms. The summed E-state index contributed by atoms with van der Waals surface area (Å²) in [5, 5.41) is 0.712. The number of nitrogens with one attached hydrogen (secondary N) is 2. The maximum atomic E-state index is 13.0. The molecule has 4 aromatic rings. The number of aromatic nitrogens is 4. The molecule has 0 spiro atoms. The van der Waals surface area contributed by atoms with Crippen LogP contribution in [0.1, 0.15) is 0 Å². The normalized spacial score (nSPS) is 10.9. The van der Waals surface area contributed by atoms with Gasteiger partial charge in [-0.25, -0.2) is 19.2 Å². The zero-order valence-electron chi connectivity index (χ0n) is 12.3. The Kier molecular flexibility index (Phi) is 3.31. The molecule has 118 valence electrons.